The van der Waals surface area contributed by atoms with Crippen LogP contribution in [0.1, 0.15) is 74.1 Å². The molecule has 0 radical (unpaired) electrons. The Balaban J connectivity index is 1.72. The van der Waals surface area contributed by atoms with Crippen LogP contribution in [0, 0.1) is 39.4 Å². The van der Waals surface area contributed by atoms with Gasteiger partial charge in [0, 0.05) is 10.8 Å². The number of ketones is 1. The van der Waals surface area contributed by atoms with E-state index in [9.17, 15) is 9.59 Å². The van der Waals surface area contributed by atoms with E-state index in [1.807, 2.05) is 6.92 Å². The summed E-state index contributed by atoms with van der Waals surface area (Å²) in [5.74, 6) is 0.0920. The van der Waals surface area contributed by atoms with Gasteiger partial charge < -0.3 is 4.74 Å². The van der Waals surface area contributed by atoms with Crippen molar-refractivity contribution in [2.24, 2.45) is 39.4 Å². The predicted molar refractivity (Wildman–Crippen MR) is 94.4 cm³/mol. The van der Waals surface area contributed by atoms with Crippen LogP contribution in [0.15, 0.2) is 0 Å². The average Bonchev–Trinajstić information content (AvgIpc) is 2.91. The fourth-order valence-corrected chi connectivity index (χ4v) is 5.75. The van der Waals surface area contributed by atoms with E-state index in [-0.39, 0.29) is 39.3 Å². The largest absolute Gasteiger partial charge is 0.465 e. The Hall–Kier alpha value is -0.860. The van der Waals surface area contributed by atoms with Crippen LogP contribution in [0.25, 0.3) is 0 Å². The lowest BCUT2D eigenvalue weighted by Gasteiger charge is -2.40. The number of esters is 1. The highest BCUT2D eigenvalue weighted by atomic mass is 16.5. The summed E-state index contributed by atoms with van der Waals surface area (Å²) < 4.78 is 5.80. The minimum absolute atomic E-state index is 0.00215. The smallest absolute Gasteiger partial charge is 0.316 e. The van der Waals surface area contributed by atoms with Crippen molar-refractivity contribution in [2.75, 3.05) is 6.61 Å². The van der Waals surface area contributed by atoms with Gasteiger partial charge in [-0.1, -0.05) is 48.5 Å². The summed E-state index contributed by atoms with van der Waals surface area (Å²) in [6.07, 6.45) is 4.14. The quantitative estimate of drug-likeness (QED) is 0.558. The minimum Gasteiger partial charge on any atom is -0.465 e. The van der Waals surface area contributed by atoms with Crippen LogP contribution in [0.5, 0.6) is 0 Å². The van der Waals surface area contributed by atoms with E-state index < -0.39 is 5.92 Å². The Labute approximate surface area is 146 Å². The number of fused-ring (bicyclic) bond motifs is 2. The molecule has 0 aromatic carbocycles. The summed E-state index contributed by atoms with van der Waals surface area (Å²) in [5, 5.41) is 0. The molecule has 0 aromatic rings. The number of carbonyl (C=O) groups is 2. The van der Waals surface area contributed by atoms with Gasteiger partial charge in [-0.15, -0.1) is 0 Å². The van der Waals surface area contributed by atoms with Gasteiger partial charge in [-0.3, -0.25) is 9.59 Å². The third kappa shape index (κ3) is 2.02. The molecule has 24 heavy (non-hydrogen) atoms. The molecule has 3 nitrogen and oxygen atoms in total. The lowest BCUT2D eigenvalue weighted by Crippen LogP contribution is -2.40. The van der Waals surface area contributed by atoms with Gasteiger partial charge in [0.05, 0.1) is 6.61 Å². The van der Waals surface area contributed by atoms with E-state index in [4.69, 9.17) is 4.74 Å². The van der Waals surface area contributed by atoms with Crippen LogP contribution in [-0.2, 0) is 14.3 Å². The van der Waals surface area contributed by atoms with Gasteiger partial charge in [-0.2, -0.15) is 0 Å². The molecule has 0 unspecified atom stereocenters. The number of carbonyl (C=O) groups excluding carboxylic acids is 2. The molecule has 0 aromatic heterocycles. The van der Waals surface area contributed by atoms with Crippen LogP contribution in [0.3, 0.4) is 0 Å². The SMILES string of the molecule is C[C@@H]1CC[C@](C)(COC(=O)[C@H]2C(=O)[C@]3(C)CC[C@@H]2C3(C)C)C1(C)C. The van der Waals surface area contributed by atoms with Gasteiger partial charge in [-0.05, 0) is 48.3 Å². The summed E-state index contributed by atoms with van der Waals surface area (Å²) in [7, 11) is 0. The Morgan fingerprint density at radius 1 is 1.04 bits per heavy atom. The first kappa shape index (κ1) is 17.9. The third-order valence-corrected chi connectivity index (χ3v) is 9.24. The molecule has 2 bridgehead atoms. The molecule has 3 aliphatic carbocycles. The Bertz CT molecular complexity index is 576. The maximum Gasteiger partial charge on any atom is 0.316 e. The maximum atomic E-state index is 12.9. The van der Waals surface area contributed by atoms with Crippen LogP contribution >= 0.6 is 0 Å². The van der Waals surface area contributed by atoms with E-state index in [2.05, 4.69) is 41.5 Å². The summed E-state index contributed by atoms with van der Waals surface area (Å²) in [6, 6.07) is 0. The fraction of sp³-hybridized carbons (Fsp3) is 0.905. The van der Waals surface area contributed by atoms with Crippen LogP contribution in [0.4, 0.5) is 0 Å². The van der Waals surface area contributed by atoms with Crippen molar-refractivity contribution in [3.05, 3.63) is 0 Å². The normalized spacial score (nSPS) is 45.6. The predicted octanol–water partition coefficient (Wildman–Crippen LogP) is 4.63. The first-order valence-electron chi connectivity index (χ1n) is 9.59. The summed E-state index contributed by atoms with van der Waals surface area (Å²) in [5.41, 5.74) is -0.301. The first-order chi connectivity index (χ1) is 10.9. The lowest BCUT2D eigenvalue weighted by atomic mass is 9.66. The molecule has 3 aliphatic rings. The number of hydrogen-bond donors (Lipinski definition) is 0. The van der Waals surface area contributed by atoms with Gasteiger partial charge in [0.2, 0.25) is 0 Å². The fourth-order valence-electron chi connectivity index (χ4n) is 5.75. The van der Waals surface area contributed by atoms with Crippen molar-refractivity contribution >= 4 is 11.8 Å². The molecule has 3 rings (SSSR count). The second-order valence-electron chi connectivity index (χ2n) is 10.4. The maximum absolute atomic E-state index is 12.9. The molecule has 0 N–H and O–H groups in total. The zero-order valence-electron chi connectivity index (χ0n) is 16.5. The molecule has 0 aliphatic heterocycles. The second kappa shape index (κ2) is 5.08. The van der Waals surface area contributed by atoms with Crippen LogP contribution in [0.2, 0.25) is 0 Å². The highest BCUT2D eigenvalue weighted by Crippen LogP contribution is 2.66. The summed E-state index contributed by atoms with van der Waals surface area (Å²) in [4.78, 5) is 25.7. The van der Waals surface area contributed by atoms with E-state index in [1.54, 1.807) is 0 Å². The van der Waals surface area contributed by atoms with Crippen molar-refractivity contribution in [1.29, 1.82) is 0 Å². The minimum atomic E-state index is -0.538. The summed E-state index contributed by atoms with van der Waals surface area (Å²) >= 11 is 0. The first-order valence-corrected chi connectivity index (χ1v) is 9.59. The monoisotopic (exact) mass is 334 g/mol. The van der Waals surface area contributed by atoms with Crippen molar-refractivity contribution in [3.63, 3.8) is 0 Å². The van der Waals surface area contributed by atoms with Crippen molar-refractivity contribution in [2.45, 2.75) is 74.1 Å². The molecular weight excluding hydrogens is 300 g/mol. The number of rotatable bonds is 3. The topological polar surface area (TPSA) is 43.4 Å². The zero-order valence-corrected chi connectivity index (χ0v) is 16.5. The van der Waals surface area contributed by atoms with E-state index in [0.717, 1.165) is 19.3 Å². The van der Waals surface area contributed by atoms with Gasteiger partial charge in [0.15, 0.2) is 5.78 Å². The molecule has 0 amide bonds. The number of Topliss-reactive ketones (excluding diaryl/α,β-unsaturated/α-hetero) is 1. The standard InChI is InChI=1S/C21H34O3/c1-13-8-10-20(6,18(13,2)3)12-24-17(23)15-14-9-11-21(7,16(15)22)19(14,4)5/h13-15H,8-12H2,1-7H3/t13-,14+,15-,20-,21+/m1/s1. The molecule has 0 saturated heterocycles. The Morgan fingerprint density at radius 3 is 2.12 bits per heavy atom. The van der Waals surface area contributed by atoms with Gasteiger partial charge >= 0.3 is 5.97 Å². The molecule has 0 heterocycles. The molecule has 3 saturated carbocycles. The zero-order chi connectivity index (χ0) is 18.1. The molecule has 136 valence electrons. The van der Waals surface area contributed by atoms with Crippen molar-refractivity contribution in [3.8, 4) is 0 Å². The van der Waals surface area contributed by atoms with E-state index >= 15 is 0 Å². The van der Waals surface area contributed by atoms with Crippen molar-refractivity contribution in [1.82, 2.24) is 0 Å². The third-order valence-electron chi connectivity index (χ3n) is 9.24. The lowest BCUT2D eigenvalue weighted by molar-refractivity contribution is -0.159. The highest BCUT2D eigenvalue weighted by Gasteiger charge is 2.68. The average molecular weight is 335 g/mol. The van der Waals surface area contributed by atoms with Crippen LogP contribution < -0.4 is 0 Å². The Morgan fingerprint density at radius 2 is 1.67 bits per heavy atom. The van der Waals surface area contributed by atoms with Crippen LogP contribution in [-0.4, -0.2) is 18.4 Å². The van der Waals surface area contributed by atoms with E-state index in [1.165, 1.54) is 6.42 Å². The van der Waals surface area contributed by atoms with E-state index in [0.29, 0.717) is 12.5 Å². The number of ether oxygens (including phenoxy) is 1. The van der Waals surface area contributed by atoms with Crippen molar-refractivity contribution < 1.29 is 14.3 Å². The Kier molecular flexibility index (Phi) is 3.80. The van der Waals surface area contributed by atoms with Gasteiger partial charge in [0.1, 0.15) is 5.92 Å². The second-order valence-corrected chi connectivity index (χ2v) is 10.4. The van der Waals surface area contributed by atoms with Gasteiger partial charge in [0.25, 0.3) is 0 Å². The molecule has 3 fully saturated rings. The molecule has 3 heteroatoms. The van der Waals surface area contributed by atoms with Gasteiger partial charge in [-0.25, -0.2) is 0 Å². The molecule has 5 atom stereocenters. The molecule has 0 spiro atoms. The number of hydrogen-bond acceptors (Lipinski definition) is 3. The summed E-state index contributed by atoms with van der Waals surface area (Å²) in [6.45, 7) is 15.9. The highest BCUT2D eigenvalue weighted by molar-refractivity contribution is 6.05. The molecular formula is C21H34O3.